The van der Waals surface area contributed by atoms with Crippen LogP contribution in [0.15, 0.2) is 29.0 Å². The van der Waals surface area contributed by atoms with E-state index in [1.54, 1.807) is 6.26 Å². The van der Waals surface area contributed by atoms with Crippen molar-refractivity contribution >= 4 is 0 Å². The highest BCUT2D eigenvalue weighted by Crippen LogP contribution is 2.21. The van der Waals surface area contributed by atoms with Gasteiger partial charge in [-0.1, -0.05) is 0 Å². The zero-order chi connectivity index (χ0) is 11.6. The van der Waals surface area contributed by atoms with E-state index in [1.165, 1.54) is 0 Å². The summed E-state index contributed by atoms with van der Waals surface area (Å²) in [6.45, 7) is 7.19. The van der Waals surface area contributed by atoms with Crippen LogP contribution in [-0.4, -0.2) is 15.7 Å². The molecule has 86 valence electrons. The normalized spacial score (nSPS) is 11.9. The van der Waals surface area contributed by atoms with Crippen molar-refractivity contribution in [2.45, 2.75) is 32.9 Å². The first-order chi connectivity index (χ1) is 7.56. The van der Waals surface area contributed by atoms with Crippen LogP contribution in [0, 0.1) is 0 Å². The summed E-state index contributed by atoms with van der Waals surface area (Å²) >= 11 is 0. The Hall–Kier alpha value is -1.55. The zero-order valence-corrected chi connectivity index (χ0v) is 9.87. The molecule has 0 radical (unpaired) electrons. The second kappa shape index (κ2) is 4.14. The minimum Gasteiger partial charge on any atom is -0.463 e. The van der Waals surface area contributed by atoms with Crippen LogP contribution in [0.4, 0.5) is 0 Å². The molecule has 2 aromatic heterocycles. The Morgan fingerprint density at radius 3 is 2.88 bits per heavy atom. The summed E-state index contributed by atoms with van der Waals surface area (Å²) in [5.74, 6) is 0.822. The summed E-state index contributed by atoms with van der Waals surface area (Å²) in [5, 5.41) is 10.4. The second-order valence-corrected chi connectivity index (χ2v) is 4.85. The number of aromatic amines is 1. The molecule has 0 aliphatic rings. The summed E-state index contributed by atoms with van der Waals surface area (Å²) in [7, 11) is 0. The lowest BCUT2D eigenvalue weighted by Gasteiger charge is -2.20. The van der Waals surface area contributed by atoms with Crippen molar-refractivity contribution in [1.82, 2.24) is 15.5 Å². The maximum absolute atomic E-state index is 5.35. The molecular weight excluding hydrogens is 202 g/mol. The molecule has 0 fully saturated rings. The molecule has 2 N–H and O–H groups in total. The van der Waals surface area contributed by atoms with E-state index in [-0.39, 0.29) is 5.54 Å². The fourth-order valence-corrected chi connectivity index (χ4v) is 1.44. The third-order valence-electron chi connectivity index (χ3n) is 2.29. The minimum absolute atomic E-state index is 0.0949. The van der Waals surface area contributed by atoms with Crippen LogP contribution in [0.2, 0.25) is 0 Å². The van der Waals surface area contributed by atoms with Gasteiger partial charge in [-0.05, 0) is 32.9 Å². The Morgan fingerprint density at radius 2 is 2.25 bits per heavy atom. The van der Waals surface area contributed by atoms with E-state index in [0.29, 0.717) is 0 Å². The van der Waals surface area contributed by atoms with Gasteiger partial charge in [-0.25, -0.2) is 0 Å². The molecule has 0 aliphatic heterocycles. The standard InChI is InChI=1S/C12H17N3O/c1-12(2,3)13-7-9-8-14-15-11(9)10-5-4-6-16-10/h4-6,8,13H,7H2,1-3H3,(H,14,15). The summed E-state index contributed by atoms with van der Waals surface area (Å²) in [6, 6.07) is 3.80. The lowest BCUT2D eigenvalue weighted by atomic mass is 10.1. The molecule has 0 saturated carbocycles. The Balaban J connectivity index is 2.14. The van der Waals surface area contributed by atoms with Crippen LogP contribution in [0.1, 0.15) is 26.3 Å². The molecule has 2 aromatic rings. The molecule has 0 aliphatic carbocycles. The molecular formula is C12H17N3O. The van der Waals surface area contributed by atoms with E-state index in [9.17, 15) is 0 Å². The zero-order valence-electron chi connectivity index (χ0n) is 9.87. The first kappa shape index (κ1) is 11.0. The average molecular weight is 219 g/mol. The van der Waals surface area contributed by atoms with Gasteiger partial charge in [-0.2, -0.15) is 5.10 Å². The smallest absolute Gasteiger partial charge is 0.151 e. The predicted molar refractivity (Wildman–Crippen MR) is 62.9 cm³/mol. The van der Waals surface area contributed by atoms with Gasteiger partial charge in [0.1, 0.15) is 5.69 Å². The molecule has 0 bridgehead atoms. The highest BCUT2D eigenvalue weighted by molar-refractivity contribution is 5.56. The third kappa shape index (κ3) is 2.52. The molecule has 2 heterocycles. The third-order valence-corrected chi connectivity index (χ3v) is 2.29. The van der Waals surface area contributed by atoms with Crippen LogP contribution in [0.5, 0.6) is 0 Å². The van der Waals surface area contributed by atoms with Crippen LogP contribution < -0.4 is 5.32 Å². The van der Waals surface area contributed by atoms with E-state index in [4.69, 9.17) is 4.42 Å². The quantitative estimate of drug-likeness (QED) is 0.834. The summed E-state index contributed by atoms with van der Waals surface area (Å²) in [4.78, 5) is 0. The van der Waals surface area contributed by atoms with Gasteiger partial charge in [-0.3, -0.25) is 5.10 Å². The highest BCUT2D eigenvalue weighted by Gasteiger charge is 2.13. The van der Waals surface area contributed by atoms with Crippen molar-refractivity contribution in [3.8, 4) is 11.5 Å². The molecule has 0 amide bonds. The van der Waals surface area contributed by atoms with Crippen LogP contribution >= 0.6 is 0 Å². The van der Waals surface area contributed by atoms with E-state index in [1.807, 2.05) is 18.3 Å². The van der Waals surface area contributed by atoms with Gasteiger partial charge >= 0.3 is 0 Å². The highest BCUT2D eigenvalue weighted by atomic mass is 16.3. The monoisotopic (exact) mass is 219 g/mol. The molecule has 0 unspecified atom stereocenters. The predicted octanol–water partition coefficient (Wildman–Crippen LogP) is 2.56. The number of furan rings is 1. The number of aromatic nitrogens is 2. The van der Waals surface area contributed by atoms with Crippen molar-refractivity contribution in [2.75, 3.05) is 0 Å². The molecule has 0 aromatic carbocycles. The molecule has 0 atom stereocenters. The Morgan fingerprint density at radius 1 is 1.44 bits per heavy atom. The van der Waals surface area contributed by atoms with Crippen molar-refractivity contribution in [2.24, 2.45) is 0 Å². The second-order valence-electron chi connectivity index (χ2n) is 4.85. The van der Waals surface area contributed by atoms with Crippen molar-refractivity contribution in [1.29, 1.82) is 0 Å². The first-order valence-corrected chi connectivity index (χ1v) is 5.37. The number of hydrogen-bond donors (Lipinski definition) is 2. The van der Waals surface area contributed by atoms with Gasteiger partial charge in [0.2, 0.25) is 0 Å². The number of H-pyrrole nitrogens is 1. The largest absolute Gasteiger partial charge is 0.463 e. The number of nitrogens with zero attached hydrogens (tertiary/aromatic N) is 1. The van der Waals surface area contributed by atoms with E-state index < -0.39 is 0 Å². The average Bonchev–Trinajstić information content (AvgIpc) is 2.84. The fraction of sp³-hybridized carbons (Fsp3) is 0.417. The van der Waals surface area contributed by atoms with Gasteiger partial charge in [0.05, 0.1) is 12.5 Å². The Bertz CT molecular complexity index is 437. The van der Waals surface area contributed by atoms with Gasteiger partial charge in [0.15, 0.2) is 5.76 Å². The van der Waals surface area contributed by atoms with Gasteiger partial charge in [0.25, 0.3) is 0 Å². The van der Waals surface area contributed by atoms with Crippen LogP contribution in [0.25, 0.3) is 11.5 Å². The molecule has 4 heteroatoms. The van der Waals surface area contributed by atoms with Gasteiger partial charge in [0, 0.05) is 17.6 Å². The molecule has 0 saturated heterocycles. The minimum atomic E-state index is 0.0949. The summed E-state index contributed by atoms with van der Waals surface area (Å²) < 4.78 is 5.35. The van der Waals surface area contributed by atoms with Crippen molar-refractivity contribution < 1.29 is 4.42 Å². The van der Waals surface area contributed by atoms with Gasteiger partial charge in [-0.15, -0.1) is 0 Å². The summed E-state index contributed by atoms with van der Waals surface area (Å²) in [5.41, 5.74) is 2.16. The van der Waals surface area contributed by atoms with Crippen LogP contribution in [-0.2, 0) is 6.54 Å². The Kier molecular flexibility index (Phi) is 2.83. The summed E-state index contributed by atoms with van der Waals surface area (Å²) in [6.07, 6.45) is 3.49. The van der Waals surface area contributed by atoms with Gasteiger partial charge < -0.3 is 9.73 Å². The van der Waals surface area contributed by atoms with Crippen molar-refractivity contribution in [3.63, 3.8) is 0 Å². The number of nitrogens with one attached hydrogen (secondary N) is 2. The molecule has 0 spiro atoms. The van der Waals surface area contributed by atoms with Crippen molar-refractivity contribution in [3.05, 3.63) is 30.2 Å². The lowest BCUT2D eigenvalue weighted by molar-refractivity contribution is 0.424. The number of rotatable bonds is 3. The number of hydrogen-bond acceptors (Lipinski definition) is 3. The first-order valence-electron chi connectivity index (χ1n) is 5.37. The maximum atomic E-state index is 5.35. The van der Waals surface area contributed by atoms with Crippen LogP contribution in [0.3, 0.4) is 0 Å². The lowest BCUT2D eigenvalue weighted by Crippen LogP contribution is -2.35. The maximum Gasteiger partial charge on any atom is 0.151 e. The molecule has 4 nitrogen and oxygen atoms in total. The van der Waals surface area contributed by atoms with E-state index in [2.05, 4.69) is 36.3 Å². The fourth-order valence-electron chi connectivity index (χ4n) is 1.44. The topological polar surface area (TPSA) is 53.9 Å². The van der Waals surface area contributed by atoms with E-state index >= 15 is 0 Å². The molecule has 2 rings (SSSR count). The SMILES string of the molecule is CC(C)(C)NCc1cn[nH]c1-c1ccco1. The van der Waals surface area contributed by atoms with E-state index in [0.717, 1.165) is 23.6 Å². The Labute approximate surface area is 95.1 Å². The molecule has 16 heavy (non-hydrogen) atoms.